The van der Waals surface area contributed by atoms with Crippen LogP contribution in [0.2, 0.25) is 0 Å². The predicted octanol–water partition coefficient (Wildman–Crippen LogP) is 3.98. The van der Waals surface area contributed by atoms with Crippen molar-refractivity contribution in [2.45, 2.75) is 44.1 Å². The number of aliphatic hydroxyl groups is 1. The van der Waals surface area contributed by atoms with E-state index in [1.54, 1.807) is 6.07 Å². The fourth-order valence-corrected chi connectivity index (χ4v) is 5.39. The Morgan fingerprint density at radius 3 is 2.73 bits per heavy atom. The molecule has 13 heteroatoms. The molecule has 1 fully saturated rings. The van der Waals surface area contributed by atoms with Gasteiger partial charge in [0.15, 0.2) is 5.69 Å². The number of β-amino-alcohol motifs (C(OH)–C–C–N with tert-alkyl or cyclic N) is 1. The summed E-state index contributed by atoms with van der Waals surface area (Å²) in [7, 11) is 0. The molecule has 7 rings (SSSR count). The minimum absolute atomic E-state index is 0.0330. The van der Waals surface area contributed by atoms with Gasteiger partial charge in [0.2, 0.25) is 5.95 Å². The normalized spacial score (nSPS) is 17.2. The highest BCUT2D eigenvalue weighted by molar-refractivity contribution is 6.04. The van der Waals surface area contributed by atoms with E-state index in [1.807, 2.05) is 0 Å². The van der Waals surface area contributed by atoms with Crippen molar-refractivity contribution in [3.05, 3.63) is 70.8 Å². The first kappa shape index (κ1) is 24.8. The summed E-state index contributed by atoms with van der Waals surface area (Å²) in [4.78, 5) is 27.7. The quantitative estimate of drug-likeness (QED) is 0.360. The fraction of sp³-hybridized carbons (Fsp3) is 0.333. The summed E-state index contributed by atoms with van der Waals surface area (Å²) < 4.78 is 62.4. The van der Waals surface area contributed by atoms with E-state index in [1.165, 1.54) is 34.0 Å². The van der Waals surface area contributed by atoms with Crippen LogP contribution >= 0.6 is 0 Å². The van der Waals surface area contributed by atoms with Gasteiger partial charge < -0.3 is 20.1 Å². The number of fused-ring (bicyclic) bond motifs is 3. The van der Waals surface area contributed by atoms with Crippen molar-refractivity contribution in [2.24, 2.45) is 0 Å². The summed E-state index contributed by atoms with van der Waals surface area (Å²) in [6.07, 6.45) is -0.301. The number of aromatic nitrogens is 4. The van der Waals surface area contributed by atoms with Crippen molar-refractivity contribution in [3.8, 4) is 16.9 Å². The third-order valence-corrected chi connectivity index (χ3v) is 7.63. The first-order chi connectivity index (χ1) is 19.1. The Morgan fingerprint density at radius 1 is 1.12 bits per heavy atom. The molecule has 5 heterocycles. The molecule has 40 heavy (non-hydrogen) atoms. The van der Waals surface area contributed by atoms with Gasteiger partial charge in [-0.05, 0) is 31.0 Å². The average Bonchev–Trinajstić information content (AvgIpc) is 3.28. The Balaban J connectivity index is 1.34. The molecular formula is C27H22F4N6O3. The monoisotopic (exact) mass is 554 g/mol. The van der Waals surface area contributed by atoms with Crippen molar-refractivity contribution >= 4 is 17.4 Å². The van der Waals surface area contributed by atoms with Crippen LogP contribution in [0.5, 0.6) is 5.75 Å². The lowest BCUT2D eigenvalue weighted by atomic mass is 10.0. The highest BCUT2D eigenvalue weighted by Crippen LogP contribution is 2.40. The van der Waals surface area contributed by atoms with Crippen LogP contribution in [0.1, 0.15) is 45.8 Å². The molecule has 4 aromatic rings. The number of rotatable bonds is 5. The number of nitrogens with zero attached hydrogens (tertiary/aromatic N) is 5. The lowest BCUT2D eigenvalue weighted by molar-refractivity contribution is -0.141. The Labute approximate surface area is 224 Å². The Kier molecular flexibility index (Phi) is 5.33. The number of carbonyl (C=O) groups is 1. The van der Waals surface area contributed by atoms with E-state index in [9.17, 15) is 27.5 Å². The summed E-state index contributed by atoms with van der Waals surface area (Å²) in [6, 6.07) is 5.14. The van der Waals surface area contributed by atoms with E-state index < -0.39 is 29.2 Å². The molecule has 1 saturated carbocycles. The van der Waals surface area contributed by atoms with Crippen molar-refractivity contribution in [1.82, 2.24) is 24.3 Å². The molecule has 0 unspecified atom stereocenters. The van der Waals surface area contributed by atoms with Crippen LogP contribution in [0.15, 0.2) is 36.8 Å². The van der Waals surface area contributed by atoms with Crippen LogP contribution in [-0.4, -0.2) is 54.0 Å². The second kappa shape index (κ2) is 8.62. The minimum Gasteiger partial charge on any atom is -0.493 e. The first-order valence-electron chi connectivity index (χ1n) is 12.7. The van der Waals surface area contributed by atoms with E-state index in [0.29, 0.717) is 53.8 Å². The van der Waals surface area contributed by atoms with Gasteiger partial charge in [0.1, 0.15) is 23.6 Å². The largest absolute Gasteiger partial charge is 0.493 e. The second-order valence-electron chi connectivity index (χ2n) is 10.3. The SMILES string of the molecule is O=C1c2ncn3c(NCc4c(F)ccc5c4CCO5)ncc(c23)-c2ccc(C(F)(F)F)nc2CN1CC1(O)CC1. The standard InChI is InChI=1S/C27H22F4N6O3/c28-18-2-3-20-15(5-8-40-20)16(18)9-32-25-33-10-17-14-1-4-21(27(29,30)31)35-19(14)11-36(12-26(39)6-7-26)24(38)22-23(17)37(25)13-34-22/h1-4,10,13,39H,5-9,11-12H2,(H,32,33). The smallest absolute Gasteiger partial charge is 0.433 e. The lowest BCUT2D eigenvalue weighted by Crippen LogP contribution is -2.39. The molecule has 0 bridgehead atoms. The molecule has 206 valence electrons. The highest BCUT2D eigenvalue weighted by atomic mass is 19.4. The number of alkyl halides is 3. The summed E-state index contributed by atoms with van der Waals surface area (Å²) in [5.41, 5.74) is 0.195. The molecule has 2 N–H and O–H groups in total. The number of benzene rings is 1. The molecule has 0 atom stereocenters. The number of hydrogen-bond donors (Lipinski definition) is 2. The van der Waals surface area contributed by atoms with Crippen LogP contribution in [0, 0.1) is 5.82 Å². The average molecular weight is 555 g/mol. The summed E-state index contributed by atoms with van der Waals surface area (Å²) >= 11 is 0. The van der Waals surface area contributed by atoms with E-state index in [4.69, 9.17) is 4.74 Å². The molecule has 1 aliphatic carbocycles. The van der Waals surface area contributed by atoms with E-state index >= 15 is 0 Å². The number of hydrogen-bond acceptors (Lipinski definition) is 7. The van der Waals surface area contributed by atoms with E-state index in [-0.39, 0.29) is 37.0 Å². The lowest BCUT2D eigenvalue weighted by Gasteiger charge is -2.28. The molecule has 0 spiro atoms. The Morgan fingerprint density at radius 2 is 1.95 bits per heavy atom. The van der Waals surface area contributed by atoms with E-state index in [2.05, 4.69) is 20.3 Å². The second-order valence-corrected chi connectivity index (χ2v) is 10.3. The van der Waals surface area contributed by atoms with Crippen molar-refractivity contribution < 1.29 is 32.2 Å². The van der Waals surface area contributed by atoms with Gasteiger partial charge in [0.25, 0.3) is 5.91 Å². The molecule has 0 saturated heterocycles. The molecule has 3 aromatic heterocycles. The molecule has 0 radical (unpaired) electrons. The van der Waals surface area contributed by atoms with Crippen molar-refractivity contribution in [2.75, 3.05) is 18.5 Å². The maximum atomic E-state index is 14.7. The number of pyridine rings is 1. The topological polar surface area (TPSA) is 105 Å². The summed E-state index contributed by atoms with van der Waals surface area (Å²) in [5.74, 6) is -0.0515. The molecule has 1 amide bonds. The van der Waals surface area contributed by atoms with Crippen molar-refractivity contribution in [3.63, 3.8) is 0 Å². The summed E-state index contributed by atoms with van der Waals surface area (Å²) in [6.45, 7) is 0.242. The predicted molar refractivity (Wildman–Crippen MR) is 133 cm³/mol. The molecular weight excluding hydrogens is 532 g/mol. The van der Waals surface area contributed by atoms with Crippen LogP contribution in [0.25, 0.3) is 16.6 Å². The van der Waals surface area contributed by atoms with Gasteiger partial charge in [0, 0.05) is 41.4 Å². The minimum atomic E-state index is -4.68. The molecule has 3 aliphatic rings. The van der Waals surface area contributed by atoms with Gasteiger partial charge in [0.05, 0.1) is 36.5 Å². The van der Waals surface area contributed by atoms with Gasteiger partial charge in [-0.15, -0.1) is 0 Å². The van der Waals surface area contributed by atoms with Gasteiger partial charge in [-0.1, -0.05) is 6.07 Å². The van der Waals surface area contributed by atoms with Gasteiger partial charge in [-0.25, -0.2) is 19.3 Å². The van der Waals surface area contributed by atoms with Gasteiger partial charge in [-0.2, -0.15) is 13.2 Å². The number of ether oxygens (including phenoxy) is 1. The fourth-order valence-electron chi connectivity index (χ4n) is 5.39. The van der Waals surface area contributed by atoms with E-state index in [0.717, 1.165) is 11.6 Å². The zero-order valence-electron chi connectivity index (χ0n) is 20.9. The number of imidazole rings is 1. The molecule has 1 aromatic carbocycles. The van der Waals surface area contributed by atoms with Gasteiger partial charge >= 0.3 is 6.18 Å². The first-order valence-corrected chi connectivity index (χ1v) is 12.7. The highest BCUT2D eigenvalue weighted by Gasteiger charge is 2.44. The van der Waals surface area contributed by atoms with Crippen molar-refractivity contribution in [1.29, 1.82) is 0 Å². The number of halogens is 4. The number of anilines is 1. The molecule has 2 aliphatic heterocycles. The van der Waals surface area contributed by atoms with Crippen LogP contribution in [0.3, 0.4) is 0 Å². The zero-order chi connectivity index (χ0) is 27.8. The Hall–Kier alpha value is -4.26. The number of carbonyl (C=O) groups excluding carboxylic acids is 1. The molecule has 9 nitrogen and oxygen atoms in total. The van der Waals surface area contributed by atoms with Crippen LogP contribution in [0.4, 0.5) is 23.5 Å². The number of amides is 1. The van der Waals surface area contributed by atoms with Gasteiger partial charge in [-0.3, -0.25) is 9.20 Å². The Bertz CT molecular complexity index is 1700. The third kappa shape index (κ3) is 4.03. The number of nitrogens with one attached hydrogen (secondary N) is 1. The maximum Gasteiger partial charge on any atom is 0.433 e. The third-order valence-electron chi connectivity index (χ3n) is 7.63. The van der Waals surface area contributed by atoms with Crippen LogP contribution < -0.4 is 10.1 Å². The van der Waals surface area contributed by atoms with Crippen LogP contribution in [-0.2, 0) is 25.7 Å². The zero-order valence-corrected chi connectivity index (χ0v) is 20.9. The maximum absolute atomic E-state index is 14.7. The summed E-state index contributed by atoms with van der Waals surface area (Å²) in [5, 5.41) is 13.7.